The summed E-state index contributed by atoms with van der Waals surface area (Å²) in [5.74, 6) is 0. The largest absolute Gasteiger partial charge is 0.384 e. The molecule has 1 unspecified atom stereocenters. The first-order valence-corrected chi connectivity index (χ1v) is 8.16. The number of halogens is 1. The van der Waals surface area contributed by atoms with Crippen molar-refractivity contribution in [3.8, 4) is 0 Å². The van der Waals surface area contributed by atoms with E-state index in [1.807, 2.05) is 25.7 Å². The van der Waals surface area contributed by atoms with Crippen LogP contribution in [-0.2, 0) is 12.1 Å². The maximum Gasteiger partial charge on any atom is 0.106 e. The van der Waals surface area contributed by atoms with Gasteiger partial charge in [-0.1, -0.05) is 0 Å². The highest BCUT2D eigenvalue weighted by Crippen LogP contribution is 2.30. The fraction of sp³-hybridized carbons (Fsp3) is 0.800. The van der Waals surface area contributed by atoms with Gasteiger partial charge in [0.1, 0.15) is 5.60 Å². The van der Waals surface area contributed by atoms with Crippen LogP contribution in [0.15, 0.2) is 10.7 Å². The van der Waals surface area contributed by atoms with Crippen LogP contribution in [-0.4, -0.2) is 52.5 Å². The second-order valence-corrected chi connectivity index (χ2v) is 7.92. The summed E-state index contributed by atoms with van der Waals surface area (Å²) in [5.41, 5.74) is -0.0154. The minimum Gasteiger partial charge on any atom is -0.384 e. The van der Waals surface area contributed by atoms with Gasteiger partial charge in [0, 0.05) is 12.1 Å². The number of nitrogens with zero attached hydrogens (tertiary/aromatic N) is 3. The predicted octanol–water partition coefficient (Wildman–Crippen LogP) is 2.19. The van der Waals surface area contributed by atoms with Crippen LogP contribution in [0.25, 0.3) is 0 Å². The van der Waals surface area contributed by atoms with Crippen LogP contribution >= 0.6 is 15.9 Å². The van der Waals surface area contributed by atoms with Crippen molar-refractivity contribution in [2.24, 2.45) is 0 Å². The molecule has 0 radical (unpaired) electrons. The number of hydrogen-bond donors (Lipinski definition) is 2. The third-order valence-electron chi connectivity index (χ3n) is 3.33. The lowest BCUT2D eigenvalue weighted by atomic mass is 9.97. The Bertz CT molecular complexity index is 449. The third kappa shape index (κ3) is 6.06. The molecule has 1 rings (SSSR count). The Morgan fingerprint density at radius 1 is 1.33 bits per heavy atom. The number of aliphatic hydroxyl groups is 1. The third-order valence-corrected chi connectivity index (χ3v) is 3.91. The van der Waals surface area contributed by atoms with Gasteiger partial charge in [-0.2, -0.15) is 5.10 Å². The average Bonchev–Trinajstić information content (AvgIpc) is 2.66. The average molecular weight is 361 g/mol. The molecule has 1 aromatic rings. The molecule has 0 aliphatic heterocycles. The van der Waals surface area contributed by atoms with Crippen molar-refractivity contribution >= 4 is 15.9 Å². The molecule has 1 atom stereocenters. The Morgan fingerprint density at radius 3 is 2.48 bits per heavy atom. The molecule has 122 valence electrons. The van der Waals surface area contributed by atoms with Gasteiger partial charge >= 0.3 is 0 Å². The van der Waals surface area contributed by atoms with Gasteiger partial charge in [0.25, 0.3) is 0 Å². The molecule has 1 aromatic heterocycles. The minimum atomic E-state index is -0.917. The monoisotopic (exact) mass is 360 g/mol. The minimum absolute atomic E-state index is 0.0540. The standard InChI is InChI=1S/C15H29BrN4O/c1-14(2,3)17-8-7-15(4,21)13-12(16)11-18-20(13)10-9-19(5)6/h11,17,21H,7-10H2,1-6H3. The zero-order valence-electron chi connectivity index (χ0n) is 14.1. The fourth-order valence-corrected chi connectivity index (χ4v) is 2.88. The van der Waals surface area contributed by atoms with Crippen molar-refractivity contribution in [1.29, 1.82) is 0 Å². The number of aromatic nitrogens is 2. The fourth-order valence-electron chi connectivity index (χ4n) is 2.16. The predicted molar refractivity (Wildman–Crippen MR) is 90.4 cm³/mol. The van der Waals surface area contributed by atoms with E-state index < -0.39 is 5.60 Å². The molecular weight excluding hydrogens is 332 g/mol. The van der Waals surface area contributed by atoms with Gasteiger partial charge in [-0.25, -0.2) is 0 Å². The molecular formula is C15H29BrN4O. The molecule has 0 amide bonds. The van der Waals surface area contributed by atoms with E-state index in [4.69, 9.17) is 0 Å². The number of rotatable bonds is 7. The highest BCUT2D eigenvalue weighted by Gasteiger charge is 2.30. The molecule has 0 aliphatic rings. The zero-order valence-corrected chi connectivity index (χ0v) is 15.7. The Labute approximate surface area is 136 Å². The van der Waals surface area contributed by atoms with Crippen LogP contribution in [0.4, 0.5) is 0 Å². The van der Waals surface area contributed by atoms with Gasteiger partial charge < -0.3 is 15.3 Å². The van der Waals surface area contributed by atoms with Gasteiger partial charge in [-0.3, -0.25) is 4.68 Å². The van der Waals surface area contributed by atoms with E-state index >= 15 is 0 Å². The second-order valence-electron chi connectivity index (χ2n) is 7.07. The van der Waals surface area contributed by atoms with Crippen LogP contribution < -0.4 is 5.32 Å². The van der Waals surface area contributed by atoms with E-state index in [9.17, 15) is 5.11 Å². The van der Waals surface area contributed by atoms with Crippen molar-refractivity contribution in [2.45, 2.75) is 51.8 Å². The first kappa shape index (κ1) is 18.6. The van der Waals surface area contributed by atoms with E-state index in [2.05, 4.69) is 52.0 Å². The number of likely N-dealkylation sites (N-methyl/N-ethyl adjacent to an activating group) is 1. The van der Waals surface area contributed by atoms with Crippen molar-refractivity contribution in [3.05, 3.63) is 16.4 Å². The molecule has 0 saturated carbocycles. The zero-order chi connectivity index (χ0) is 16.3. The summed E-state index contributed by atoms with van der Waals surface area (Å²) < 4.78 is 2.75. The first-order valence-electron chi connectivity index (χ1n) is 7.37. The van der Waals surface area contributed by atoms with Gasteiger partial charge in [0.05, 0.1) is 22.9 Å². The van der Waals surface area contributed by atoms with Gasteiger partial charge in [-0.05, 0) is 70.7 Å². The first-order chi connectivity index (χ1) is 9.53. The molecule has 5 nitrogen and oxygen atoms in total. The molecule has 0 aromatic carbocycles. The summed E-state index contributed by atoms with van der Waals surface area (Å²) in [7, 11) is 4.06. The molecule has 6 heteroatoms. The lowest BCUT2D eigenvalue weighted by Crippen LogP contribution is -2.39. The maximum absolute atomic E-state index is 10.9. The molecule has 0 spiro atoms. The SMILES string of the molecule is CN(C)CCn1ncc(Br)c1C(C)(O)CCNC(C)(C)C. The number of hydrogen-bond acceptors (Lipinski definition) is 4. The van der Waals surface area contributed by atoms with Gasteiger partial charge in [-0.15, -0.1) is 0 Å². The molecule has 1 heterocycles. The summed E-state index contributed by atoms with van der Waals surface area (Å²) in [6.07, 6.45) is 2.40. The van der Waals surface area contributed by atoms with Crippen LogP contribution in [0.3, 0.4) is 0 Å². The lowest BCUT2D eigenvalue weighted by molar-refractivity contribution is 0.0359. The van der Waals surface area contributed by atoms with Crippen LogP contribution in [0.5, 0.6) is 0 Å². The summed E-state index contributed by atoms with van der Waals surface area (Å²) in [4.78, 5) is 2.11. The van der Waals surface area contributed by atoms with E-state index in [0.717, 1.165) is 29.8 Å². The Morgan fingerprint density at radius 2 is 1.95 bits per heavy atom. The smallest absolute Gasteiger partial charge is 0.106 e. The molecule has 0 saturated heterocycles. The van der Waals surface area contributed by atoms with Gasteiger partial charge in [0.15, 0.2) is 0 Å². The lowest BCUT2D eigenvalue weighted by Gasteiger charge is -2.28. The summed E-state index contributed by atoms with van der Waals surface area (Å²) in [6.45, 7) is 10.6. The van der Waals surface area contributed by atoms with E-state index in [0.29, 0.717) is 6.42 Å². The Balaban J connectivity index is 2.79. The highest BCUT2D eigenvalue weighted by atomic mass is 79.9. The Kier molecular flexibility index (Phi) is 6.40. The summed E-state index contributed by atoms with van der Waals surface area (Å²) in [5, 5.41) is 18.6. The Hall–Kier alpha value is -0.430. The van der Waals surface area contributed by atoms with Crippen LogP contribution in [0.1, 0.15) is 39.8 Å². The van der Waals surface area contributed by atoms with E-state index in [1.165, 1.54) is 0 Å². The van der Waals surface area contributed by atoms with Crippen molar-refractivity contribution in [3.63, 3.8) is 0 Å². The normalized spacial score (nSPS) is 15.5. The molecule has 0 fully saturated rings. The topological polar surface area (TPSA) is 53.3 Å². The number of nitrogens with one attached hydrogen (secondary N) is 1. The van der Waals surface area contributed by atoms with Gasteiger partial charge in [0.2, 0.25) is 0 Å². The van der Waals surface area contributed by atoms with Crippen molar-refractivity contribution in [2.75, 3.05) is 27.2 Å². The molecule has 2 N–H and O–H groups in total. The summed E-state index contributed by atoms with van der Waals surface area (Å²) in [6, 6.07) is 0. The second kappa shape index (κ2) is 7.22. The van der Waals surface area contributed by atoms with E-state index in [-0.39, 0.29) is 5.54 Å². The van der Waals surface area contributed by atoms with Crippen molar-refractivity contribution in [1.82, 2.24) is 20.0 Å². The van der Waals surface area contributed by atoms with Crippen molar-refractivity contribution < 1.29 is 5.11 Å². The maximum atomic E-state index is 10.9. The highest BCUT2D eigenvalue weighted by molar-refractivity contribution is 9.10. The summed E-state index contributed by atoms with van der Waals surface area (Å²) >= 11 is 3.51. The quantitative estimate of drug-likeness (QED) is 0.782. The molecule has 21 heavy (non-hydrogen) atoms. The van der Waals surface area contributed by atoms with E-state index in [1.54, 1.807) is 6.20 Å². The van der Waals surface area contributed by atoms with Crippen LogP contribution in [0, 0.1) is 0 Å². The molecule has 0 bridgehead atoms. The molecule has 0 aliphatic carbocycles. The van der Waals surface area contributed by atoms with Crippen LogP contribution in [0.2, 0.25) is 0 Å².